The Kier molecular flexibility index (Phi) is 4.79. The van der Waals surface area contributed by atoms with Gasteiger partial charge in [0.1, 0.15) is 0 Å². The minimum absolute atomic E-state index is 0.143. The summed E-state index contributed by atoms with van der Waals surface area (Å²) in [5.41, 5.74) is 3.27. The molecule has 0 amide bonds. The second-order valence-corrected chi connectivity index (χ2v) is 6.39. The van der Waals surface area contributed by atoms with Crippen LogP contribution in [0.1, 0.15) is 26.5 Å². The third kappa shape index (κ3) is 4.62. The van der Waals surface area contributed by atoms with Crippen LogP contribution in [0.25, 0.3) is 11.3 Å². The van der Waals surface area contributed by atoms with Gasteiger partial charge in [-0.05, 0) is 45.0 Å². The molecule has 2 nitrogen and oxygen atoms in total. The topological polar surface area (TPSA) is 24.9 Å². The molecular formula is C17H21ClN2. The Balaban J connectivity index is 2.08. The maximum atomic E-state index is 6.03. The van der Waals surface area contributed by atoms with Crippen molar-refractivity contribution >= 4 is 11.6 Å². The summed E-state index contributed by atoms with van der Waals surface area (Å²) in [6, 6.07) is 13.9. The molecule has 1 heterocycles. The molecule has 0 radical (unpaired) electrons. The van der Waals surface area contributed by atoms with E-state index >= 15 is 0 Å². The van der Waals surface area contributed by atoms with Crippen LogP contribution in [-0.4, -0.2) is 17.1 Å². The molecule has 0 aliphatic rings. The van der Waals surface area contributed by atoms with E-state index in [1.165, 1.54) is 0 Å². The van der Waals surface area contributed by atoms with Crippen molar-refractivity contribution < 1.29 is 0 Å². The predicted octanol–water partition coefficient (Wildman–Crippen LogP) is 4.33. The SMILES string of the molecule is CC(C)(C)NCCc1cccc(-c2cccc(Cl)c2)n1. The molecule has 2 rings (SSSR count). The van der Waals surface area contributed by atoms with Crippen LogP contribution in [0.3, 0.4) is 0 Å². The van der Waals surface area contributed by atoms with E-state index in [1.54, 1.807) is 0 Å². The number of halogens is 1. The first kappa shape index (κ1) is 15.0. The van der Waals surface area contributed by atoms with Crippen LogP contribution >= 0.6 is 11.6 Å². The lowest BCUT2D eigenvalue weighted by Gasteiger charge is -2.20. The van der Waals surface area contributed by atoms with Crippen LogP contribution in [0.15, 0.2) is 42.5 Å². The number of nitrogens with one attached hydrogen (secondary N) is 1. The highest BCUT2D eigenvalue weighted by Crippen LogP contribution is 2.21. The summed E-state index contributed by atoms with van der Waals surface area (Å²) in [5, 5.41) is 4.22. The zero-order valence-corrected chi connectivity index (χ0v) is 13.0. The monoisotopic (exact) mass is 288 g/mol. The molecule has 1 aromatic heterocycles. The molecule has 106 valence electrons. The van der Waals surface area contributed by atoms with Gasteiger partial charge in [0, 0.05) is 34.8 Å². The summed E-state index contributed by atoms with van der Waals surface area (Å²) in [5.74, 6) is 0. The van der Waals surface area contributed by atoms with Crippen molar-refractivity contribution in [2.75, 3.05) is 6.54 Å². The quantitative estimate of drug-likeness (QED) is 0.905. The molecule has 1 N–H and O–H groups in total. The average Bonchev–Trinajstić information content (AvgIpc) is 2.38. The van der Waals surface area contributed by atoms with E-state index in [2.05, 4.69) is 38.2 Å². The molecule has 0 fully saturated rings. The third-order valence-electron chi connectivity index (χ3n) is 2.96. The van der Waals surface area contributed by atoms with Gasteiger partial charge < -0.3 is 5.32 Å². The van der Waals surface area contributed by atoms with Crippen LogP contribution in [0, 0.1) is 0 Å². The fourth-order valence-electron chi connectivity index (χ4n) is 1.99. The third-order valence-corrected chi connectivity index (χ3v) is 3.20. The van der Waals surface area contributed by atoms with E-state index in [9.17, 15) is 0 Å². The second-order valence-electron chi connectivity index (χ2n) is 5.95. The zero-order valence-electron chi connectivity index (χ0n) is 12.3. The highest BCUT2D eigenvalue weighted by Gasteiger charge is 2.08. The maximum absolute atomic E-state index is 6.03. The van der Waals surface area contributed by atoms with Gasteiger partial charge in [-0.2, -0.15) is 0 Å². The predicted molar refractivity (Wildman–Crippen MR) is 86.1 cm³/mol. The van der Waals surface area contributed by atoms with Gasteiger partial charge in [0.05, 0.1) is 5.69 Å². The Labute approximate surface area is 126 Å². The fourth-order valence-corrected chi connectivity index (χ4v) is 2.18. The summed E-state index contributed by atoms with van der Waals surface area (Å²) in [6.07, 6.45) is 0.922. The first-order valence-corrected chi connectivity index (χ1v) is 7.29. The Morgan fingerprint density at radius 3 is 2.55 bits per heavy atom. The van der Waals surface area contributed by atoms with Gasteiger partial charge in [-0.15, -0.1) is 0 Å². The first-order valence-electron chi connectivity index (χ1n) is 6.91. The normalized spacial score (nSPS) is 11.6. The summed E-state index contributed by atoms with van der Waals surface area (Å²) in [6.45, 7) is 7.43. The van der Waals surface area contributed by atoms with E-state index in [-0.39, 0.29) is 5.54 Å². The van der Waals surface area contributed by atoms with Gasteiger partial charge in [-0.1, -0.05) is 29.8 Å². The van der Waals surface area contributed by atoms with Crippen molar-refractivity contribution in [1.29, 1.82) is 0 Å². The summed E-state index contributed by atoms with van der Waals surface area (Å²) >= 11 is 6.03. The minimum Gasteiger partial charge on any atom is -0.312 e. The number of hydrogen-bond acceptors (Lipinski definition) is 2. The number of benzene rings is 1. The van der Waals surface area contributed by atoms with E-state index in [0.717, 1.165) is 34.9 Å². The number of nitrogens with zero attached hydrogens (tertiary/aromatic N) is 1. The van der Waals surface area contributed by atoms with Crippen molar-refractivity contribution in [3.63, 3.8) is 0 Å². The van der Waals surface area contributed by atoms with Crippen molar-refractivity contribution in [1.82, 2.24) is 10.3 Å². The number of rotatable bonds is 4. The molecule has 1 aromatic carbocycles. The first-order chi connectivity index (χ1) is 9.44. The Morgan fingerprint density at radius 2 is 1.85 bits per heavy atom. The molecule has 0 spiro atoms. The molecule has 0 aliphatic carbocycles. The fraction of sp³-hybridized carbons (Fsp3) is 0.353. The number of hydrogen-bond donors (Lipinski definition) is 1. The molecule has 0 unspecified atom stereocenters. The van der Waals surface area contributed by atoms with Gasteiger partial charge in [0.15, 0.2) is 0 Å². The Morgan fingerprint density at radius 1 is 1.10 bits per heavy atom. The minimum atomic E-state index is 0.143. The van der Waals surface area contributed by atoms with Gasteiger partial charge in [0.2, 0.25) is 0 Å². The number of aromatic nitrogens is 1. The highest BCUT2D eigenvalue weighted by atomic mass is 35.5. The van der Waals surface area contributed by atoms with E-state index in [4.69, 9.17) is 16.6 Å². The van der Waals surface area contributed by atoms with Crippen molar-refractivity contribution in [3.05, 3.63) is 53.2 Å². The van der Waals surface area contributed by atoms with Crippen molar-refractivity contribution in [2.45, 2.75) is 32.7 Å². The van der Waals surface area contributed by atoms with E-state index < -0.39 is 0 Å². The van der Waals surface area contributed by atoms with Gasteiger partial charge in [-0.25, -0.2) is 0 Å². The van der Waals surface area contributed by atoms with Crippen LogP contribution in [0.4, 0.5) is 0 Å². The summed E-state index contributed by atoms with van der Waals surface area (Å²) in [4.78, 5) is 4.71. The van der Waals surface area contributed by atoms with Crippen molar-refractivity contribution in [2.24, 2.45) is 0 Å². The number of pyridine rings is 1. The van der Waals surface area contributed by atoms with Crippen LogP contribution in [0.2, 0.25) is 5.02 Å². The molecule has 3 heteroatoms. The average molecular weight is 289 g/mol. The smallest absolute Gasteiger partial charge is 0.0705 e. The van der Waals surface area contributed by atoms with Gasteiger partial charge in [0.25, 0.3) is 0 Å². The van der Waals surface area contributed by atoms with Gasteiger partial charge in [-0.3, -0.25) is 4.98 Å². The van der Waals surface area contributed by atoms with Gasteiger partial charge >= 0.3 is 0 Å². The van der Waals surface area contributed by atoms with E-state index in [1.807, 2.05) is 30.3 Å². The lowest BCUT2D eigenvalue weighted by atomic mass is 10.1. The molecule has 0 bridgehead atoms. The van der Waals surface area contributed by atoms with Crippen LogP contribution in [-0.2, 0) is 6.42 Å². The largest absolute Gasteiger partial charge is 0.312 e. The lowest BCUT2D eigenvalue weighted by molar-refractivity contribution is 0.428. The van der Waals surface area contributed by atoms with Crippen LogP contribution < -0.4 is 5.32 Å². The zero-order chi connectivity index (χ0) is 14.6. The summed E-state index contributed by atoms with van der Waals surface area (Å²) < 4.78 is 0. The lowest BCUT2D eigenvalue weighted by Crippen LogP contribution is -2.37. The van der Waals surface area contributed by atoms with Crippen molar-refractivity contribution in [3.8, 4) is 11.3 Å². The molecule has 20 heavy (non-hydrogen) atoms. The summed E-state index contributed by atoms with van der Waals surface area (Å²) in [7, 11) is 0. The molecule has 0 saturated heterocycles. The van der Waals surface area contributed by atoms with Crippen LogP contribution in [0.5, 0.6) is 0 Å². The standard InChI is InChI=1S/C17H21ClN2/c1-17(2,3)19-11-10-15-8-5-9-16(20-15)13-6-4-7-14(18)12-13/h4-9,12,19H,10-11H2,1-3H3. The molecule has 0 aliphatic heterocycles. The Bertz CT molecular complexity index is 573. The Hall–Kier alpha value is -1.38. The second kappa shape index (κ2) is 6.38. The highest BCUT2D eigenvalue weighted by molar-refractivity contribution is 6.30. The molecular weight excluding hydrogens is 268 g/mol. The maximum Gasteiger partial charge on any atom is 0.0705 e. The molecule has 2 aromatic rings. The molecule has 0 saturated carbocycles. The van der Waals surface area contributed by atoms with E-state index in [0.29, 0.717) is 0 Å². The molecule has 0 atom stereocenters.